The van der Waals surface area contributed by atoms with Crippen LogP contribution in [0.4, 0.5) is 0 Å². The summed E-state index contributed by atoms with van der Waals surface area (Å²) in [6.45, 7) is 1.80. The van der Waals surface area contributed by atoms with Gasteiger partial charge in [0.2, 0.25) is 0 Å². The fraction of sp³-hybridized carbons (Fsp3) is 0.342. The standard InChI is InChI=1S/C38H42O7/c1-40-35(39)23-22-33-36(42-25-30-16-8-3-9-17-30)38(44-27-32-20-12-5-13-21-32)37(43-26-31-18-10-4-11-19-31)34(45-33)28-41-24-29-14-6-2-7-15-29/h2-21,33-34,36-38H,22-28H2,1H3/t33-,34-,36-,37-,38-/m1/s1. The average molecular weight is 611 g/mol. The van der Waals surface area contributed by atoms with Gasteiger partial charge in [-0.1, -0.05) is 121 Å². The van der Waals surface area contributed by atoms with Gasteiger partial charge in [-0.15, -0.1) is 0 Å². The van der Waals surface area contributed by atoms with Gasteiger partial charge in [-0.05, 0) is 28.7 Å². The number of hydrogen-bond donors (Lipinski definition) is 0. The van der Waals surface area contributed by atoms with Crippen LogP contribution >= 0.6 is 0 Å². The van der Waals surface area contributed by atoms with Crippen LogP contribution in [0.5, 0.6) is 0 Å². The Morgan fingerprint density at radius 2 is 0.956 bits per heavy atom. The minimum Gasteiger partial charge on any atom is -0.469 e. The Labute approximate surface area is 266 Å². The van der Waals surface area contributed by atoms with E-state index in [1.807, 2.05) is 121 Å². The maximum Gasteiger partial charge on any atom is 0.305 e. The number of ether oxygens (including phenoxy) is 6. The third kappa shape index (κ3) is 10.1. The summed E-state index contributed by atoms with van der Waals surface area (Å²) in [7, 11) is 1.40. The van der Waals surface area contributed by atoms with Crippen LogP contribution in [0, 0.1) is 0 Å². The molecule has 0 N–H and O–H groups in total. The highest BCUT2D eigenvalue weighted by Crippen LogP contribution is 2.33. The van der Waals surface area contributed by atoms with Crippen LogP contribution in [0.1, 0.15) is 35.1 Å². The van der Waals surface area contributed by atoms with Crippen molar-refractivity contribution in [3.8, 4) is 0 Å². The van der Waals surface area contributed by atoms with E-state index in [-0.39, 0.29) is 19.0 Å². The highest BCUT2D eigenvalue weighted by Gasteiger charge is 2.48. The van der Waals surface area contributed by atoms with E-state index < -0.39 is 30.5 Å². The summed E-state index contributed by atoms with van der Waals surface area (Å²) >= 11 is 0. The highest BCUT2D eigenvalue weighted by atomic mass is 16.6. The second-order valence-corrected chi connectivity index (χ2v) is 11.1. The monoisotopic (exact) mass is 610 g/mol. The van der Waals surface area contributed by atoms with Crippen LogP contribution in [0.25, 0.3) is 0 Å². The van der Waals surface area contributed by atoms with Crippen LogP contribution < -0.4 is 0 Å². The number of esters is 1. The van der Waals surface area contributed by atoms with Crippen LogP contribution in [-0.4, -0.2) is 50.2 Å². The Balaban J connectivity index is 1.43. The van der Waals surface area contributed by atoms with Crippen molar-refractivity contribution in [1.29, 1.82) is 0 Å². The fourth-order valence-electron chi connectivity index (χ4n) is 5.48. The molecule has 45 heavy (non-hydrogen) atoms. The van der Waals surface area contributed by atoms with E-state index >= 15 is 0 Å². The van der Waals surface area contributed by atoms with Crippen molar-refractivity contribution in [3.63, 3.8) is 0 Å². The Hall–Kier alpha value is -3.85. The number of carbonyl (C=O) groups excluding carboxylic acids is 1. The van der Waals surface area contributed by atoms with Crippen molar-refractivity contribution in [3.05, 3.63) is 144 Å². The molecule has 7 heteroatoms. The van der Waals surface area contributed by atoms with Crippen molar-refractivity contribution < 1.29 is 33.2 Å². The fourth-order valence-corrected chi connectivity index (χ4v) is 5.48. The van der Waals surface area contributed by atoms with E-state index in [2.05, 4.69) is 0 Å². The number of rotatable bonds is 16. The molecule has 1 aliphatic heterocycles. The zero-order valence-corrected chi connectivity index (χ0v) is 25.7. The average Bonchev–Trinajstić information content (AvgIpc) is 3.10. The lowest BCUT2D eigenvalue weighted by Gasteiger charge is -2.46. The maximum atomic E-state index is 12.3. The van der Waals surface area contributed by atoms with Gasteiger partial charge in [0.25, 0.3) is 0 Å². The predicted octanol–water partition coefficient (Wildman–Crippen LogP) is 6.68. The van der Waals surface area contributed by atoms with Crippen molar-refractivity contribution in [2.75, 3.05) is 13.7 Å². The summed E-state index contributed by atoms with van der Waals surface area (Å²) < 4.78 is 38.0. The number of carbonyl (C=O) groups is 1. The van der Waals surface area contributed by atoms with Crippen LogP contribution in [0.3, 0.4) is 0 Å². The van der Waals surface area contributed by atoms with Crippen molar-refractivity contribution in [2.24, 2.45) is 0 Å². The molecule has 0 saturated carbocycles. The van der Waals surface area contributed by atoms with E-state index in [0.717, 1.165) is 22.3 Å². The van der Waals surface area contributed by atoms with Gasteiger partial charge in [-0.25, -0.2) is 0 Å². The van der Waals surface area contributed by atoms with E-state index in [0.29, 0.717) is 32.8 Å². The lowest BCUT2D eigenvalue weighted by Crippen LogP contribution is -2.61. The first-order chi connectivity index (χ1) is 22.2. The summed E-state index contributed by atoms with van der Waals surface area (Å²) in [5.74, 6) is -0.304. The summed E-state index contributed by atoms with van der Waals surface area (Å²) in [6, 6.07) is 40.1. The van der Waals surface area contributed by atoms with Gasteiger partial charge in [0.05, 0.1) is 46.2 Å². The maximum absolute atomic E-state index is 12.3. The molecule has 236 valence electrons. The first kappa shape index (κ1) is 32.5. The molecule has 0 aliphatic carbocycles. The molecule has 1 heterocycles. The minimum atomic E-state index is -0.523. The molecule has 0 bridgehead atoms. The van der Waals surface area contributed by atoms with Crippen LogP contribution in [0.2, 0.25) is 0 Å². The Morgan fingerprint density at radius 1 is 0.556 bits per heavy atom. The molecule has 5 atom stereocenters. The molecule has 0 amide bonds. The zero-order chi connectivity index (χ0) is 31.1. The molecular weight excluding hydrogens is 568 g/mol. The lowest BCUT2D eigenvalue weighted by atomic mass is 9.91. The van der Waals surface area contributed by atoms with E-state index in [1.165, 1.54) is 7.11 Å². The largest absolute Gasteiger partial charge is 0.469 e. The smallest absolute Gasteiger partial charge is 0.305 e. The molecule has 0 aromatic heterocycles. The van der Waals surface area contributed by atoms with Gasteiger partial charge in [0, 0.05) is 6.42 Å². The molecule has 0 unspecified atom stereocenters. The van der Waals surface area contributed by atoms with Gasteiger partial charge in [-0.3, -0.25) is 4.79 Å². The number of benzene rings is 4. The molecule has 7 nitrogen and oxygen atoms in total. The number of methoxy groups -OCH3 is 1. The molecule has 4 aromatic carbocycles. The van der Waals surface area contributed by atoms with Gasteiger partial charge >= 0.3 is 5.97 Å². The summed E-state index contributed by atoms with van der Waals surface area (Å²) in [6.07, 6.45) is -1.90. The van der Waals surface area contributed by atoms with Crippen molar-refractivity contribution in [1.82, 2.24) is 0 Å². The third-order valence-corrected chi connectivity index (χ3v) is 7.84. The van der Waals surface area contributed by atoms with Crippen LogP contribution in [-0.2, 0) is 59.6 Å². The molecular formula is C38H42O7. The van der Waals surface area contributed by atoms with Crippen molar-refractivity contribution in [2.45, 2.75) is 69.8 Å². The molecule has 1 saturated heterocycles. The second-order valence-electron chi connectivity index (χ2n) is 11.1. The van der Waals surface area contributed by atoms with E-state index in [1.54, 1.807) is 0 Å². The topological polar surface area (TPSA) is 72.5 Å². The van der Waals surface area contributed by atoms with Gasteiger partial charge < -0.3 is 28.4 Å². The zero-order valence-electron chi connectivity index (χ0n) is 25.7. The normalized spacial score (nSPS) is 21.3. The summed E-state index contributed by atoms with van der Waals surface area (Å²) in [4.78, 5) is 12.3. The minimum absolute atomic E-state index is 0.185. The van der Waals surface area contributed by atoms with Gasteiger partial charge in [0.15, 0.2) is 0 Å². The van der Waals surface area contributed by atoms with E-state index in [9.17, 15) is 4.79 Å². The first-order valence-electron chi connectivity index (χ1n) is 15.5. The van der Waals surface area contributed by atoms with Crippen LogP contribution in [0.15, 0.2) is 121 Å². The number of hydrogen-bond acceptors (Lipinski definition) is 7. The lowest BCUT2D eigenvalue weighted by molar-refractivity contribution is -0.273. The Kier molecular flexibility index (Phi) is 12.7. The second kappa shape index (κ2) is 17.6. The highest BCUT2D eigenvalue weighted by molar-refractivity contribution is 5.69. The SMILES string of the molecule is COC(=O)CC[C@H]1O[C@H](COCc2ccccc2)[C@@H](OCc2ccccc2)[C@H](OCc2ccccc2)[C@@H]1OCc1ccccc1. The molecule has 4 aromatic rings. The van der Waals surface area contributed by atoms with Crippen molar-refractivity contribution >= 4 is 5.97 Å². The Morgan fingerprint density at radius 3 is 1.40 bits per heavy atom. The summed E-state index contributed by atoms with van der Waals surface area (Å²) in [5.41, 5.74) is 4.17. The third-order valence-electron chi connectivity index (χ3n) is 7.84. The molecule has 1 aliphatic rings. The molecule has 0 radical (unpaired) electrons. The quantitative estimate of drug-likeness (QED) is 0.131. The van der Waals surface area contributed by atoms with E-state index in [4.69, 9.17) is 28.4 Å². The first-order valence-corrected chi connectivity index (χ1v) is 15.5. The van der Waals surface area contributed by atoms with Gasteiger partial charge in [-0.2, -0.15) is 0 Å². The molecule has 0 spiro atoms. The Bertz CT molecular complexity index is 1390. The molecule has 5 rings (SSSR count). The van der Waals surface area contributed by atoms with Gasteiger partial charge in [0.1, 0.15) is 24.4 Å². The summed E-state index contributed by atoms with van der Waals surface area (Å²) in [5, 5.41) is 0. The molecule has 1 fully saturated rings. The predicted molar refractivity (Wildman–Crippen MR) is 171 cm³/mol.